The van der Waals surface area contributed by atoms with E-state index < -0.39 is 5.97 Å². The predicted molar refractivity (Wildman–Crippen MR) is 97.5 cm³/mol. The molecule has 3 atom stereocenters. The lowest BCUT2D eigenvalue weighted by atomic mass is 9.76. The number of fused-ring (bicyclic) bond motifs is 3. The van der Waals surface area contributed by atoms with Crippen LogP contribution in [0.15, 0.2) is 60.7 Å². The van der Waals surface area contributed by atoms with Crippen LogP contribution < -0.4 is 5.32 Å². The van der Waals surface area contributed by atoms with Gasteiger partial charge in [0.25, 0.3) is 0 Å². The van der Waals surface area contributed by atoms with Gasteiger partial charge in [0.1, 0.15) is 0 Å². The van der Waals surface area contributed by atoms with Crippen LogP contribution in [0.2, 0.25) is 0 Å². The molecule has 0 unspecified atom stereocenters. The molecular weight excluding hydrogens is 298 g/mol. The zero-order chi connectivity index (χ0) is 17.1. The minimum absolute atomic E-state index is 0.268. The number of carboxylic acid groups (broad SMARTS) is 1. The molecule has 0 spiro atoms. The van der Waals surface area contributed by atoms with Gasteiger partial charge in [0.05, 0.1) is 11.6 Å². The molecule has 2 N–H and O–H groups in total. The zero-order valence-electron chi connectivity index (χ0n) is 14.1. The van der Waals surface area contributed by atoms with E-state index in [1.54, 1.807) is 6.07 Å². The van der Waals surface area contributed by atoms with Crippen LogP contribution in [-0.4, -0.2) is 11.1 Å². The number of nitrogens with one attached hydrogen (secondary N) is 1. The molecule has 3 nitrogen and oxygen atoms in total. The summed E-state index contributed by atoms with van der Waals surface area (Å²) in [5.41, 5.74) is 3.80. The van der Waals surface area contributed by atoms with Gasteiger partial charge < -0.3 is 10.4 Å². The van der Waals surface area contributed by atoms with E-state index in [2.05, 4.69) is 41.7 Å². The summed E-state index contributed by atoms with van der Waals surface area (Å²) in [5.74, 6) is -0.133. The summed E-state index contributed by atoms with van der Waals surface area (Å²) >= 11 is 0. The number of hydrogen-bond acceptors (Lipinski definition) is 2. The van der Waals surface area contributed by atoms with E-state index in [1.807, 2.05) is 32.0 Å². The van der Waals surface area contributed by atoms with Crippen molar-refractivity contribution >= 4 is 11.7 Å². The molecule has 124 valence electrons. The van der Waals surface area contributed by atoms with E-state index in [9.17, 15) is 9.90 Å². The van der Waals surface area contributed by atoms with E-state index >= 15 is 0 Å². The molecule has 2 aromatic carbocycles. The van der Waals surface area contributed by atoms with Crippen LogP contribution in [-0.2, 0) is 0 Å². The number of allylic oxidation sites excluding steroid dienone is 2. The quantitative estimate of drug-likeness (QED) is 0.744. The van der Waals surface area contributed by atoms with Gasteiger partial charge in [-0.25, -0.2) is 4.79 Å². The summed E-state index contributed by atoms with van der Waals surface area (Å²) in [5, 5.41) is 12.8. The van der Waals surface area contributed by atoms with E-state index in [0.29, 0.717) is 17.4 Å². The minimum atomic E-state index is -0.869. The predicted octanol–water partition coefficient (Wildman–Crippen LogP) is 5.24. The smallest absolute Gasteiger partial charge is 0.335 e. The van der Waals surface area contributed by atoms with Gasteiger partial charge in [-0.3, -0.25) is 0 Å². The lowest BCUT2D eigenvalue weighted by Crippen LogP contribution is -2.29. The highest BCUT2D eigenvalue weighted by Crippen LogP contribution is 2.49. The average molecular weight is 321 g/mol. The van der Waals surface area contributed by atoms with Crippen LogP contribution >= 0.6 is 0 Å². The van der Waals surface area contributed by atoms with Gasteiger partial charge in [0, 0.05) is 11.6 Å². The van der Waals surface area contributed by atoms with Crippen molar-refractivity contribution in [2.75, 3.05) is 5.32 Å². The van der Waals surface area contributed by atoms with Crippen LogP contribution in [0.4, 0.5) is 5.69 Å². The molecule has 2 aliphatic rings. The Morgan fingerprint density at radius 1 is 1.12 bits per heavy atom. The summed E-state index contributed by atoms with van der Waals surface area (Å²) in [6.45, 7) is 4.00. The van der Waals surface area contributed by atoms with E-state index in [4.69, 9.17) is 0 Å². The number of aromatic carboxylic acids is 1. The van der Waals surface area contributed by atoms with Crippen molar-refractivity contribution in [3.05, 3.63) is 77.4 Å². The first-order valence-electron chi connectivity index (χ1n) is 8.59. The van der Waals surface area contributed by atoms with Crippen LogP contribution in [0, 0.1) is 5.92 Å². The van der Waals surface area contributed by atoms with Crippen LogP contribution in [0.25, 0.3) is 0 Å². The molecule has 0 saturated heterocycles. The molecule has 0 fully saturated rings. The van der Waals surface area contributed by atoms with Crippen molar-refractivity contribution < 1.29 is 9.90 Å². The van der Waals surface area contributed by atoms with E-state index in [-0.39, 0.29) is 6.04 Å². The molecule has 4 rings (SSSR count). The van der Waals surface area contributed by atoms with Gasteiger partial charge in [-0.1, -0.05) is 56.3 Å². The van der Waals surface area contributed by atoms with Gasteiger partial charge in [-0.2, -0.15) is 0 Å². The van der Waals surface area contributed by atoms with Crippen molar-refractivity contribution in [3.8, 4) is 0 Å². The van der Waals surface area contributed by atoms with Gasteiger partial charge in [0.2, 0.25) is 0 Å². The SMILES string of the molecule is CC.O=C(O)c1ccc2c(c1)[C@@H]1C=CC[C@@H]1[C@@H](c1ccccc1)N2. The Balaban J connectivity index is 0.000000815. The minimum Gasteiger partial charge on any atom is -0.478 e. The van der Waals surface area contributed by atoms with Crippen LogP contribution in [0.3, 0.4) is 0 Å². The molecular formula is C21H23NO2. The van der Waals surface area contributed by atoms with Gasteiger partial charge in [-0.05, 0) is 41.7 Å². The molecule has 1 aliphatic heterocycles. The standard InChI is InChI=1S/C19H17NO2.C2H6/c21-19(22)13-9-10-17-16(11-13)14-7-4-8-15(14)18(20-17)12-5-2-1-3-6-12;1-2/h1-7,9-11,14-15,18,20H,8H2,(H,21,22);1-2H3/t14-,15+,18-;/m1./s1. The third kappa shape index (κ3) is 2.82. The van der Waals surface area contributed by atoms with Crippen molar-refractivity contribution in [2.45, 2.75) is 32.2 Å². The van der Waals surface area contributed by atoms with Gasteiger partial charge in [0.15, 0.2) is 0 Å². The summed E-state index contributed by atoms with van der Waals surface area (Å²) in [6.07, 6.45) is 5.47. The number of hydrogen-bond donors (Lipinski definition) is 2. The Morgan fingerprint density at radius 2 is 1.88 bits per heavy atom. The highest BCUT2D eigenvalue weighted by Gasteiger charge is 2.37. The molecule has 1 heterocycles. The number of rotatable bonds is 2. The maximum atomic E-state index is 11.2. The lowest BCUT2D eigenvalue weighted by Gasteiger charge is -2.37. The highest BCUT2D eigenvalue weighted by molar-refractivity contribution is 5.89. The number of carbonyl (C=O) groups is 1. The molecule has 1 aliphatic carbocycles. The summed E-state index contributed by atoms with van der Waals surface area (Å²) in [7, 11) is 0. The molecule has 0 amide bonds. The second kappa shape index (κ2) is 6.91. The molecule has 24 heavy (non-hydrogen) atoms. The second-order valence-corrected chi connectivity index (χ2v) is 5.99. The fraction of sp³-hybridized carbons (Fsp3) is 0.286. The Bertz CT molecular complexity index is 752. The first kappa shape index (κ1) is 16.3. The first-order valence-corrected chi connectivity index (χ1v) is 8.59. The van der Waals surface area contributed by atoms with Crippen molar-refractivity contribution in [2.24, 2.45) is 5.92 Å². The zero-order valence-corrected chi connectivity index (χ0v) is 14.1. The van der Waals surface area contributed by atoms with Gasteiger partial charge in [-0.15, -0.1) is 0 Å². The number of benzene rings is 2. The topological polar surface area (TPSA) is 49.3 Å². The molecule has 0 saturated carbocycles. The Kier molecular flexibility index (Phi) is 4.70. The maximum Gasteiger partial charge on any atom is 0.335 e. The normalized spacial score (nSPS) is 23.3. The van der Waals surface area contributed by atoms with Crippen molar-refractivity contribution in [3.63, 3.8) is 0 Å². The summed E-state index contributed by atoms with van der Waals surface area (Å²) < 4.78 is 0. The maximum absolute atomic E-state index is 11.2. The molecule has 0 bridgehead atoms. The molecule has 0 radical (unpaired) electrons. The fourth-order valence-corrected chi connectivity index (χ4v) is 3.72. The fourth-order valence-electron chi connectivity index (χ4n) is 3.72. The largest absolute Gasteiger partial charge is 0.478 e. The molecule has 2 aromatic rings. The molecule has 3 heteroatoms. The second-order valence-electron chi connectivity index (χ2n) is 5.99. The monoisotopic (exact) mass is 321 g/mol. The van der Waals surface area contributed by atoms with Crippen molar-refractivity contribution in [1.29, 1.82) is 0 Å². The summed E-state index contributed by atoms with van der Waals surface area (Å²) in [6, 6.07) is 16.1. The highest BCUT2D eigenvalue weighted by atomic mass is 16.4. The van der Waals surface area contributed by atoms with Crippen molar-refractivity contribution in [1.82, 2.24) is 0 Å². The first-order chi connectivity index (χ1) is 11.7. The Morgan fingerprint density at radius 3 is 2.58 bits per heavy atom. The van der Waals surface area contributed by atoms with Gasteiger partial charge >= 0.3 is 5.97 Å². The number of carboxylic acids is 1. The van der Waals surface area contributed by atoms with E-state index in [0.717, 1.165) is 17.7 Å². The molecule has 0 aromatic heterocycles. The third-order valence-corrected chi connectivity index (χ3v) is 4.77. The van der Waals surface area contributed by atoms with Crippen LogP contribution in [0.1, 0.15) is 53.7 Å². The Hall–Kier alpha value is -2.55. The Labute approximate surface area is 143 Å². The average Bonchev–Trinajstić information content (AvgIpc) is 3.13. The third-order valence-electron chi connectivity index (χ3n) is 4.77. The lowest BCUT2D eigenvalue weighted by molar-refractivity contribution is 0.0696. The van der Waals surface area contributed by atoms with E-state index in [1.165, 1.54) is 5.56 Å². The van der Waals surface area contributed by atoms with Crippen LogP contribution in [0.5, 0.6) is 0 Å². The number of anilines is 1. The summed E-state index contributed by atoms with van der Waals surface area (Å²) in [4.78, 5) is 11.2.